The molecule has 0 bridgehead atoms. The van der Waals surface area contributed by atoms with Gasteiger partial charge < -0.3 is 15.8 Å². The Labute approximate surface area is 97.7 Å². The molecule has 0 saturated carbocycles. The maximum absolute atomic E-state index is 13.0. The fourth-order valence-electron chi connectivity index (χ4n) is 1.23. The summed E-state index contributed by atoms with van der Waals surface area (Å²) in [5.74, 6) is -1.49. The molecular formula is C11H13FN2O3. The van der Waals surface area contributed by atoms with Crippen LogP contribution in [0.4, 0.5) is 10.1 Å². The van der Waals surface area contributed by atoms with E-state index in [0.717, 1.165) is 12.1 Å². The van der Waals surface area contributed by atoms with Crippen molar-refractivity contribution in [3.05, 3.63) is 29.6 Å². The third-order valence-electron chi connectivity index (χ3n) is 2.02. The predicted molar refractivity (Wildman–Crippen MR) is 59.8 cm³/mol. The van der Waals surface area contributed by atoms with Gasteiger partial charge in [0, 0.05) is 17.8 Å². The lowest BCUT2D eigenvalue weighted by molar-refractivity contribution is -0.140. The zero-order valence-corrected chi connectivity index (χ0v) is 9.33. The Hall–Kier alpha value is -2.11. The first kappa shape index (κ1) is 13.0. The summed E-state index contributed by atoms with van der Waals surface area (Å²) in [7, 11) is 1.26. The molecule has 0 heterocycles. The molecule has 1 rings (SSSR count). The Balaban J connectivity index is 2.55. The van der Waals surface area contributed by atoms with Crippen LogP contribution in [0.1, 0.15) is 16.8 Å². The number of amides is 1. The number of methoxy groups -OCH3 is 1. The molecule has 0 aliphatic carbocycles. The minimum absolute atomic E-state index is 0.0625. The van der Waals surface area contributed by atoms with Crippen molar-refractivity contribution < 1.29 is 18.7 Å². The van der Waals surface area contributed by atoms with Crippen molar-refractivity contribution in [2.45, 2.75) is 6.42 Å². The summed E-state index contributed by atoms with van der Waals surface area (Å²) in [5, 5.41) is 2.46. The summed E-state index contributed by atoms with van der Waals surface area (Å²) >= 11 is 0. The first-order chi connectivity index (χ1) is 8.02. The summed E-state index contributed by atoms with van der Waals surface area (Å²) < 4.78 is 17.4. The number of nitrogens with one attached hydrogen (secondary N) is 1. The van der Waals surface area contributed by atoms with Crippen LogP contribution in [-0.2, 0) is 9.53 Å². The van der Waals surface area contributed by atoms with Gasteiger partial charge in [-0.25, -0.2) is 4.39 Å². The number of hydrogen-bond donors (Lipinski definition) is 2. The Morgan fingerprint density at radius 3 is 2.71 bits per heavy atom. The van der Waals surface area contributed by atoms with Gasteiger partial charge in [0.15, 0.2) is 0 Å². The van der Waals surface area contributed by atoms with Gasteiger partial charge in [0.2, 0.25) is 0 Å². The standard InChI is InChI=1S/C11H13FN2O3/c1-17-10(15)2-3-14-11(16)7-4-8(12)6-9(13)5-7/h4-6H,2-3,13H2,1H3,(H,14,16). The summed E-state index contributed by atoms with van der Waals surface area (Å²) in [5.41, 5.74) is 5.69. The number of rotatable bonds is 4. The molecule has 0 atom stereocenters. The van der Waals surface area contributed by atoms with Crippen LogP contribution in [0, 0.1) is 5.82 Å². The lowest BCUT2D eigenvalue weighted by atomic mass is 10.2. The normalized spacial score (nSPS) is 9.76. The van der Waals surface area contributed by atoms with Gasteiger partial charge in [-0.05, 0) is 18.2 Å². The Kier molecular flexibility index (Phi) is 4.45. The Morgan fingerprint density at radius 1 is 1.41 bits per heavy atom. The molecule has 0 aliphatic rings. The lowest BCUT2D eigenvalue weighted by Gasteiger charge is -2.05. The largest absolute Gasteiger partial charge is 0.469 e. The molecule has 1 aromatic rings. The second-order valence-electron chi connectivity index (χ2n) is 3.36. The van der Waals surface area contributed by atoms with E-state index in [9.17, 15) is 14.0 Å². The summed E-state index contributed by atoms with van der Waals surface area (Å²) in [6.45, 7) is 0.127. The van der Waals surface area contributed by atoms with Crippen molar-refractivity contribution in [2.24, 2.45) is 0 Å². The summed E-state index contributed by atoms with van der Waals surface area (Å²) in [4.78, 5) is 22.3. The predicted octanol–water partition coefficient (Wildman–Crippen LogP) is 0.701. The van der Waals surface area contributed by atoms with Gasteiger partial charge in [0.1, 0.15) is 5.82 Å². The number of carbonyl (C=O) groups excluding carboxylic acids is 2. The van der Waals surface area contributed by atoms with Crippen molar-refractivity contribution in [2.75, 3.05) is 19.4 Å². The highest BCUT2D eigenvalue weighted by Gasteiger charge is 2.08. The van der Waals surface area contributed by atoms with Crippen molar-refractivity contribution in [1.82, 2.24) is 5.32 Å². The van der Waals surface area contributed by atoms with E-state index >= 15 is 0 Å². The van der Waals surface area contributed by atoms with E-state index in [4.69, 9.17) is 5.73 Å². The topological polar surface area (TPSA) is 81.4 Å². The van der Waals surface area contributed by atoms with E-state index in [1.54, 1.807) is 0 Å². The Bertz CT molecular complexity index is 414. The fourth-order valence-corrected chi connectivity index (χ4v) is 1.23. The smallest absolute Gasteiger partial charge is 0.307 e. The van der Waals surface area contributed by atoms with Crippen LogP contribution in [0.2, 0.25) is 0 Å². The van der Waals surface area contributed by atoms with Crippen molar-refractivity contribution >= 4 is 17.6 Å². The molecule has 92 valence electrons. The fraction of sp³-hybridized carbons (Fsp3) is 0.273. The number of anilines is 1. The van der Waals surface area contributed by atoms with E-state index in [-0.39, 0.29) is 24.2 Å². The molecule has 0 aliphatic heterocycles. The quantitative estimate of drug-likeness (QED) is 0.599. The molecule has 0 aromatic heterocycles. The molecule has 0 radical (unpaired) electrons. The number of esters is 1. The van der Waals surface area contributed by atoms with Crippen LogP contribution in [0.5, 0.6) is 0 Å². The van der Waals surface area contributed by atoms with Crippen LogP contribution in [0.3, 0.4) is 0 Å². The minimum Gasteiger partial charge on any atom is -0.469 e. The molecule has 0 fully saturated rings. The average Bonchev–Trinajstić information content (AvgIpc) is 2.27. The molecule has 17 heavy (non-hydrogen) atoms. The highest BCUT2D eigenvalue weighted by Crippen LogP contribution is 2.10. The second-order valence-corrected chi connectivity index (χ2v) is 3.36. The molecule has 6 heteroatoms. The van der Waals surface area contributed by atoms with Gasteiger partial charge in [-0.15, -0.1) is 0 Å². The minimum atomic E-state index is -0.580. The van der Waals surface area contributed by atoms with E-state index in [0.29, 0.717) is 0 Å². The van der Waals surface area contributed by atoms with Crippen molar-refractivity contribution in [3.8, 4) is 0 Å². The highest BCUT2D eigenvalue weighted by atomic mass is 19.1. The molecule has 1 aromatic carbocycles. The van der Waals surface area contributed by atoms with Gasteiger partial charge in [0.05, 0.1) is 13.5 Å². The molecule has 0 spiro atoms. The van der Waals surface area contributed by atoms with Gasteiger partial charge in [-0.2, -0.15) is 0 Å². The summed E-state index contributed by atoms with van der Waals surface area (Å²) in [6.07, 6.45) is 0.0625. The molecule has 3 N–H and O–H groups in total. The zero-order valence-electron chi connectivity index (χ0n) is 9.33. The average molecular weight is 240 g/mol. The van der Waals surface area contributed by atoms with Crippen LogP contribution in [0.25, 0.3) is 0 Å². The third kappa shape index (κ3) is 4.10. The number of hydrogen-bond acceptors (Lipinski definition) is 4. The van der Waals surface area contributed by atoms with E-state index < -0.39 is 17.7 Å². The zero-order chi connectivity index (χ0) is 12.8. The number of carbonyl (C=O) groups is 2. The van der Waals surface area contributed by atoms with Crippen LogP contribution in [-0.4, -0.2) is 25.5 Å². The van der Waals surface area contributed by atoms with Gasteiger partial charge in [-0.1, -0.05) is 0 Å². The first-order valence-electron chi connectivity index (χ1n) is 4.94. The van der Waals surface area contributed by atoms with Crippen molar-refractivity contribution in [1.29, 1.82) is 0 Å². The summed E-state index contributed by atoms with van der Waals surface area (Å²) in [6, 6.07) is 3.55. The van der Waals surface area contributed by atoms with Crippen LogP contribution in [0.15, 0.2) is 18.2 Å². The van der Waals surface area contributed by atoms with Crippen LogP contribution >= 0.6 is 0 Å². The highest BCUT2D eigenvalue weighted by molar-refractivity contribution is 5.95. The van der Waals surface area contributed by atoms with E-state index in [2.05, 4.69) is 10.1 Å². The first-order valence-corrected chi connectivity index (χ1v) is 4.94. The third-order valence-corrected chi connectivity index (χ3v) is 2.02. The van der Waals surface area contributed by atoms with Gasteiger partial charge in [0.25, 0.3) is 5.91 Å². The maximum Gasteiger partial charge on any atom is 0.307 e. The monoisotopic (exact) mass is 240 g/mol. The molecule has 1 amide bonds. The maximum atomic E-state index is 13.0. The molecule has 0 unspecified atom stereocenters. The van der Waals surface area contributed by atoms with Crippen LogP contribution < -0.4 is 11.1 Å². The number of benzene rings is 1. The number of halogens is 1. The van der Waals surface area contributed by atoms with Crippen molar-refractivity contribution in [3.63, 3.8) is 0 Å². The van der Waals surface area contributed by atoms with E-state index in [1.165, 1.54) is 13.2 Å². The Morgan fingerprint density at radius 2 is 2.12 bits per heavy atom. The van der Waals surface area contributed by atoms with Gasteiger partial charge >= 0.3 is 5.97 Å². The number of nitrogens with two attached hydrogens (primary N) is 1. The molecular weight excluding hydrogens is 227 g/mol. The number of ether oxygens (including phenoxy) is 1. The van der Waals surface area contributed by atoms with E-state index in [1.807, 2.05) is 0 Å². The second kappa shape index (κ2) is 5.83. The molecule has 5 nitrogen and oxygen atoms in total. The SMILES string of the molecule is COC(=O)CCNC(=O)c1cc(N)cc(F)c1. The molecule has 0 saturated heterocycles. The van der Waals surface area contributed by atoms with Gasteiger partial charge in [-0.3, -0.25) is 9.59 Å². The lowest BCUT2D eigenvalue weighted by Crippen LogP contribution is -2.26. The number of nitrogen functional groups attached to an aromatic ring is 1.